The lowest BCUT2D eigenvalue weighted by Crippen LogP contribution is -2.26. The third-order valence-corrected chi connectivity index (χ3v) is 5.20. The molecule has 0 unspecified atom stereocenters. The van der Waals surface area contributed by atoms with E-state index in [9.17, 15) is 4.79 Å². The Balaban J connectivity index is 1.32. The molecule has 6 nitrogen and oxygen atoms in total. The number of benzene rings is 2. The molecule has 0 saturated heterocycles. The summed E-state index contributed by atoms with van der Waals surface area (Å²) in [7, 11) is 3.74. The fraction of sp³-hybridized carbons (Fsp3) is 0.261. The van der Waals surface area contributed by atoms with Gasteiger partial charge in [-0.3, -0.25) is 14.2 Å². The number of nitrogens with one attached hydrogen (secondary N) is 1. The number of carbonyl (C=O) groups excluding carboxylic acids is 1. The molecule has 6 heteroatoms. The monoisotopic (exact) mass is 387 g/mol. The van der Waals surface area contributed by atoms with Crippen LogP contribution in [0.5, 0.6) is 0 Å². The van der Waals surface area contributed by atoms with Gasteiger partial charge in [0, 0.05) is 26.0 Å². The van der Waals surface area contributed by atoms with Gasteiger partial charge in [-0.05, 0) is 54.7 Å². The van der Waals surface area contributed by atoms with Crippen molar-refractivity contribution in [1.82, 2.24) is 24.9 Å². The summed E-state index contributed by atoms with van der Waals surface area (Å²) in [5.41, 5.74) is 6.23. The number of hydrogen-bond acceptors (Lipinski definition) is 3. The van der Waals surface area contributed by atoms with Crippen molar-refractivity contribution in [3.05, 3.63) is 71.7 Å². The van der Waals surface area contributed by atoms with Crippen LogP contribution in [-0.2, 0) is 20.5 Å². The molecule has 0 aliphatic heterocycles. The summed E-state index contributed by atoms with van der Waals surface area (Å²) in [6.45, 7) is 2.53. The van der Waals surface area contributed by atoms with Crippen molar-refractivity contribution < 1.29 is 4.79 Å². The van der Waals surface area contributed by atoms with E-state index in [0.717, 1.165) is 29.4 Å². The molecule has 4 aromatic rings. The number of carbonyl (C=O) groups is 1. The highest BCUT2D eigenvalue weighted by Gasteiger charge is 2.10. The minimum absolute atomic E-state index is 0.0748. The van der Waals surface area contributed by atoms with Crippen LogP contribution in [0.15, 0.2) is 54.7 Å². The van der Waals surface area contributed by atoms with Crippen LogP contribution in [-0.4, -0.2) is 32.0 Å². The fourth-order valence-corrected chi connectivity index (χ4v) is 3.62. The topological polar surface area (TPSA) is 64.7 Å². The molecule has 0 spiro atoms. The predicted octanol–water partition coefficient (Wildman–Crippen LogP) is 3.64. The third-order valence-electron chi connectivity index (χ3n) is 5.20. The largest absolute Gasteiger partial charge is 0.351 e. The summed E-state index contributed by atoms with van der Waals surface area (Å²) >= 11 is 0. The minimum Gasteiger partial charge on any atom is -0.351 e. The van der Waals surface area contributed by atoms with Crippen LogP contribution < -0.4 is 5.32 Å². The molecule has 0 aliphatic rings. The third kappa shape index (κ3) is 4.06. The maximum absolute atomic E-state index is 12.2. The zero-order valence-corrected chi connectivity index (χ0v) is 17.0. The molecule has 0 saturated carbocycles. The molecule has 0 atom stereocenters. The van der Waals surface area contributed by atoms with E-state index >= 15 is 0 Å². The van der Waals surface area contributed by atoms with Gasteiger partial charge < -0.3 is 5.32 Å². The summed E-state index contributed by atoms with van der Waals surface area (Å²) < 4.78 is 3.50. The van der Waals surface area contributed by atoms with Crippen molar-refractivity contribution in [2.75, 3.05) is 6.54 Å². The number of nitrogens with zero attached hydrogens (tertiary/aromatic N) is 4. The molecule has 2 heterocycles. The van der Waals surface area contributed by atoms with Crippen molar-refractivity contribution in [2.24, 2.45) is 14.1 Å². The molecule has 2 aromatic carbocycles. The maximum atomic E-state index is 12.2. The molecule has 1 N–H and O–H groups in total. The van der Waals surface area contributed by atoms with Crippen LogP contribution >= 0.6 is 0 Å². The Morgan fingerprint density at radius 1 is 1.00 bits per heavy atom. The highest BCUT2D eigenvalue weighted by atomic mass is 16.2. The number of aryl methyl sites for hydroxylation is 4. The minimum atomic E-state index is -0.0748. The van der Waals surface area contributed by atoms with Crippen LogP contribution in [0.1, 0.15) is 28.2 Å². The standard InChI is InChI=1S/C23H25N5O/c1-16-13-22(28(3)26-16)23(29)24-12-4-5-17-6-8-18(9-7-17)19-10-11-21-20(14-19)15-25-27(21)2/h6-11,13-15H,4-5,12H2,1-3H3,(H,24,29). The Bertz CT molecular complexity index is 1150. The summed E-state index contributed by atoms with van der Waals surface area (Å²) in [5, 5.41) is 12.6. The van der Waals surface area contributed by atoms with Gasteiger partial charge >= 0.3 is 0 Å². The van der Waals surface area contributed by atoms with E-state index in [-0.39, 0.29) is 5.91 Å². The van der Waals surface area contributed by atoms with Gasteiger partial charge in [0.1, 0.15) is 5.69 Å². The van der Waals surface area contributed by atoms with E-state index in [1.165, 1.54) is 16.7 Å². The lowest BCUT2D eigenvalue weighted by molar-refractivity contribution is 0.0944. The van der Waals surface area contributed by atoms with Gasteiger partial charge in [-0.25, -0.2) is 0 Å². The van der Waals surface area contributed by atoms with E-state index in [2.05, 4.69) is 58.0 Å². The molecule has 0 bridgehead atoms. The molecule has 0 fully saturated rings. The number of amides is 1. The normalized spacial score (nSPS) is 11.1. The average molecular weight is 387 g/mol. The van der Waals surface area contributed by atoms with Crippen molar-refractivity contribution >= 4 is 16.8 Å². The Labute approximate surface area is 170 Å². The predicted molar refractivity (Wildman–Crippen MR) is 115 cm³/mol. The van der Waals surface area contributed by atoms with Crippen LogP contribution in [0.25, 0.3) is 22.0 Å². The van der Waals surface area contributed by atoms with E-state index in [0.29, 0.717) is 12.2 Å². The first kappa shape index (κ1) is 18.9. The highest BCUT2D eigenvalue weighted by Crippen LogP contribution is 2.24. The highest BCUT2D eigenvalue weighted by molar-refractivity contribution is 5.92. The van der Waals surface area contributed by atoms with Crippen LogP contribution in [0.2, 0.25) is 0 Å². The van der Waals surface area contributed by atoms with E-state index < -0.39 is 0 Å². The lowest BCUT2D eigenvalue weighted by atomic mass is 10.0. The van der Waals surface area contributed by atoms with Crippen molar-refractivity contribution in [1.29, 1.82) is 0 Å². The molecular formula is C23H25N5O. The van der Waals surface area contributed by atoms with Gasteiger partial charge in [0.15, 0.2) is 0 Å². The molecule has 4 rings (SSSR count). The second-order valence-electron chi connectivity index (χ2n) is 7.39. The molecule has 29 heavy (non-hydrogen) atoms. The molecule has 0 radical (unpaired) electrons. The van der Waals surface area contributed by atoms with Gasteiger partial charge in [0.2, 0.25) is 0 Å². The fourth-order valence-electron chi connectivity index (χ4n) is 3.62. The van der Waals surface area contributed by atoms with Gasteiger partial charge in [-0.2, -0.15) is 10.2 Å². The number of hydrogen-bond donors (Lipinski definition) is 1. The molecule has 2 aromatic heterocycles. The summed E-state index contributed by atoms with van der Waals surface area (Å²) in [6.07, 6.45) is 3.71. The van der Waals surface area contributed by atoms with Crippen LogP contribution in [0.3, 0.4) is 0 Å². The first-order valence-corrected chi connectivity index (χ1v) is 9.81. The van der Waals surface area contributed by atoms with Gasteiger partial charge in [-0.15, -0.1) is 0 Å². The Kier molecular flexibility index (Phi) is 5.16. The summed E-state index contributed by atoms with van der Waals surface area (Å²) in [4.78, 5) is 12.2. The molecule has 1 amide bonds. The van der Waals surface area contributed by atoms with E-state index in [1.54, 1.807) is 17.8 Å². The van der Waals surface area contributed by atoms with Crippen molar-refractivity contribution in [3.8, 4) is 11.1 Å². The lowest BCUT2D eigenvalue weighted by Gasteiger charge is -2.07. The molecular weight excluding hydrogens is 362 g/mol. The first-order chi connectivity index (χ1) is 14.0. The smallest absolute Gasteiger partial charge is 0.269 e. The zero-order chi connectivity index (χ0) is 20.4. The van der Waals surface area contributed by atoms with E-state index in [4.69, 9.17) is 0 Å². The molecule has 148 valence electrons. The zero-order valence-electron chi connectivity index (χ0n) is 17.0. The Morgan fingerprint density at radius 2 is 1.76 bits per heavy atom. The van der Waals surface area contributed by atoms with Gasteiger partial charge in [0.25, 0.3) is 5.91 Å². The Hall–Kier alpha value is -3.41. The van der Waals surface area contributed by atoms with Crippen LogP contribution in [0.4, 0.5) is 0 Å². The van der Waals surface area contributed by atoms with Crippen molar-refractivity contribution in [2.45, 2.75) is 19.8 Å². The van der Waals surface area contributed by atoms with Gasteiger partial charge in [-0.1, -0.05) is 30.3 Å². The number of fused-ring (bicyclic) bond motifs is 1. The Morgan fingerprint density at radius 3 is 2.48 bits per heavy atom. The average Bonchev–Trinajstić information content (AvgIpc) is 3.26. The first-order valence-electron chi connectivity index (χ1n) is 9.81. The second kappa shape index (κ2) is 7.91. The summed E-state index contributed by atoms with van der Waals surface area (Å²) in [5.74, 6) is -0.0748. The van der Waals surface area contributed by atoms with E-state index in [1.807, 2.05) is 24.9 Å². The van der Waals surface area contributed by atoms with Crippen LogP contribution in [0, 0.1) is 6.92 Å². The number of aromatic nitrogens is 4. The van der Waals surface area contributed by atoms with Gasteiger partial charge in [0.05, 0.1) is 17.4 Å². The van der Waals surface area contributed by atoms with Crippen molar-refractivity contribution in [3.63, 3.8) is 0 Å². The number of rotatable bonds is 6. The SMILES string of the molecule is Cc1cc(C(=O)NCCCc2ccc(-c3ccc4c(cnn4C)c3)cc2)n(C)n1. The summed E-state index contributed by atoms with van der Waals surface area (Å²) in [6, 6.07) is 16.9. The maximum Gasteiger partial charge on any atom is 0.269 e. The quantitative estimate of drug-likeness (QED) is 0.514. The second-order valence-corrected chi connectivity index (χ2v) is 7.39. The molecule has 0 aliphatic carbocycles.